The lowest BCUT2D eigenvalue weighted by Gasteiger charge is -2.12. The first-order chi connectivity index (χ1) is 9.79. The molecule has 0 saturated carbocycles. The van der Waals surface area contributed by atoms with Crippen molar-refractivity contribution in [3.63, 3.8) is 0 Å². The van der Waals surface area contributed by atoms with E-state index in [-0.39, 0.29) is 0 Å². The Morgan fingerprint density at radius 1 is 1.00 bits per heavy atom. The molecule has 0 saturated heterocycles. The van der Waals surface area contributed by atoms with Gasteiger partial charge in [-0.1, -0.05) is 49.4 Å². The van der Waals surface area contributed by atoms with Gasteiger partial charge in [-0.05, 0) is 42.1 Å². The summed E-state index contributed by atoms with van der Waals surface area (Å²) in [5.74, 6) is 1.51. The zero-order valence-electron chi connectivity index (χ0n) is 12.3. The van der Waals surface area contributed by atoms with Gasteiger partial charge in [0.15, 0.2) is 0 Å². The lowest BCUT2D eigenvalue weighted by molar-refractivity contribution is 0.414. The van der Waals surface area contributed by atoms with Gasteiger partial charge in [-0.25, -0.2) is 0 Å². The van der Waals surface area contributed by atoms with Crippen LogP contribution in [-0.2, 0) is 6.54 Å². The van der Waals surface area contributed by atoms with E-state index in [1.807, 2.05) is 12.1 Å². The molecular weight excluding hydrogens is 246 g/mol. The summed E-state index contributed by atoms with van der Waals surface area (Å²) in [4.78, 5) is 0. The van der Waals surface area contributed by atoms with Gasteiger partial charge in [-0.3, -0.25) is 0 Å². The molecule has 0 spiro atoms. The smallest absolute Gasteiger partial charge is 0.118 e. The molecule has 0 aliphatic heterocycles. The molecule has 2 heteroatoms. The Kier molecular flexibility index (Phi) is 5.63. The first-order valence-corrected chi connectivity index (χ1v) is 7.18. The maximum absolute atomic E-state index is 5.15. The average Bonchev–Trinajstić information content (AvgIpc) is 2.53. The number of methoxy groups -OCH3 is 1. The summed E-state index contributed by atoms with van der Waals surface area (Å²) in [5, 5.41) is 3.50. The monoisotopic (exact) mass is 269 g/mol. The van der Waals surface area contributed by atoms with Gasteiger partial charge < -0.3 is 10.1 Å². The molecule has 2 aromatic rings. The molecule has 1 unspecified atom stereocenters. The molecule has 106 valence electrons. The molecule has 0 fully saturated rings. The predicted octanol–water partition coefficient (Wildman–Crippen LogP) is 3.98. The Morgan fingerprint density at radius 2 is 1.70 bits per heavy atom. The normalized spacial score (nSPS) is 12.1. The van der Waals surface area contributed by atoms with Crippen LogP contribution in [0.1, 0.15) is 30.4 Å². The van der Waals surface area contributed by atoms with Crippen LogP contribution in [0.3, 0.4) is 0 Å². The van der Waals surface area contributed by atoms with Crippen molar-refractivity contribution in [1.29, 1.82) is 0 Å². The van der Waals surface area contributed by atoms with Crippen LogP contribution in [-0.4, -0.2) is 13.7 Å². The molecule has 0 amide bonds. The van der Waals surface area contributed by atoms with Crippen molar-refractivity contribution in [2.75, 3.05) is 13.7 Å². The maximum atomic E-state index is 5.15. The molecule has 1 N–H and O–H groups in total. The number of ether oxygens (including phenoxy) is 1. The van der Waals surface area contributed by atoms with Crippen LogP contribution in [0.15, 0.2) is 54.6 Å². The van der Waals surface area contributed by atoms with E-state index in [0.29, 0.717) is 5.92 Å². The zero-order chi connectivity index (χ0) is 14.2. The van der Waals surface area contributed by atoms with Crippen LogP contribution >= 0.6 is 0 Å². The van der Waals surface area contributed by atoms with E-state index in [0.717, 1.165) is 25.3 Å². The Balaban J connectivity index is 1.70. The Labute approximate surface area is 121 Å². The largest absolute Gasteiger partial charge is 0.497 e. The van der Waals surface area contributed by atoms with E-state index < -0.39 is 0 Å². The molecule has 0 radical (unpaired) electrons. The first kappa shape index (κ1) is 14.6. The third-order valence-electron chi connectivity index (χ3n) is 3.61. The Morgan fingerprint density at radius 3 is 2.35 bits per heavy atom. The van der Waals surface area contributed by atoms with Gasteiger partial charge in [-0.15, -0.1) is 0 Å². The quantitative estimate of drug-likeness (QED) is 0.768. The second-order valence-electron chi connectivity index (χ2n) is 5.13. The van der Waals surface area contributed by atoms with Crippen LogP contribution in [0.5, 0.6) is 5.75 Å². The number of rotatable bonds is 7. The molecular formula is C18H23NO. The Hall–Kier alpha value is -1.80. The van der Waals surface area contributed by atoms with Crippen molar-refractivity contribution in [1.82, 2.24) is 5.32 Å². The molecule has 2 rings (SSSR count). The van der Waals surface area contributed by atoms with Crippen molar-refractivity contribution < 1.29 is 4.74 Å². The summed E-state index contributed by atoms with van der Waals surface area (Å²) in [6.07, 6.45) is 1.15. The van der Waals surface area contributed by atoms with Crippen LogP contribution in [0, 0.1) is 0 Å². The lowest BCUT2D eigenvalue weighted by atomic mass is 9.98. The van der Waals surface area contributed by atoms with Crippen LogP contribution < -0.4 is 10.1 Å². The minimum Gasteiger partial charge on any atom is -0.497 e. The summed E-state index contributed by atoms with van der Waals surface area (Å²) in [6, 6.07) is 18.9. The molecule has 0 heterocycles. The third-order valence-corrected chi connectivity index (χ3v) is 3.61. The van der Waals surface area contributed by atoms with E-state index in [1.165, 1.54) is 11.1 Å². The molecule has 1 atom stereocenters. The summed E-state index contributed by atoms with van der Waals surface area (Å²) in [6.45, 7) is 4.22. The van der Waals surface area contributed by atoms with Gasteiger partial charge >= 0.3 is 0 Å². The van der Waals surface area contributed by atoms with Crippen molar-refractivity contribution in [3.8, 4) is 5.75 Å². The molecule has 2 aromatic carbocycles. The number of hydrogen-bond acceptors (Lipinski definition) is 2. The van der Waals surface area contributed by atoms with Crippen molar-refractivity contribution in [2.45, 2.75) is 25.8 Å². The summed E-state index contributed by atoms with van der Waals surface area (Å²) in [7, 11) is 1.69. The first-order valence-electron chi connectivity index (χ1n) is 7.18. The van der Waals surface area contributed by atoms with Crippen molar-refractivity contribution in [3.05, 3.63) is 65.7 Å². The number of nitrogens with one attached hydrogen (secondary N) is 1. The fourth-order valence-electron chi connectivity index (χ4n) is 2.24. The third kappa shape index (κ3) is 4.39. The summed E-state index contributed by atoms with van der Waals surface area (Å²) < 4.78 is 5.15. The highest BCUT2D eigenvalue weighted by atomic mass is 16.5. The predicted molar refractivity (Wildman–Crippen MR) is 84.2 cm³/mol. The van der Waals surface area contributed by atoms with E-state index >= 15 is 0 Å². The van der Waals surface area contributed by atoms with Gasteiger partial charge in [0, 0.05) is 6.54 Å². The zero-order valence-corrected chi connectivity index (χ0v) is 12.3. The second-order valence-corrected chi connectivity index (χ2v) is 5.13. The summed E-state index contributed by atoms with van der Waals surface area (Å²) >= 11 is 0. The van der Waals surface area contributed by atoms with E-state index in [1.54, 1.807) is 7.11 Å². The van der Waals surface area contributed by atoms with E-state index in [9.17, 15) is 0 Å². The summed E-state index contributed by atoms with van der Waals surface area (Å²) in [5.41, 5.74) is 2.71. The van der Waals surface area contributed by atoms with Crippen molar-refractivity contribution >= 4 is 0 Å². The highest BCUT2D eigenvalue weighted by molar-refractivity contribution is 5.27. The van der Waals surface area contributed by atoms with E-state index in [2.05, 4.69) is 54.7 Å². The SMILES string of the molecule is COc1ccc(CNCCC(C)c2ccccc2)cc1. The molecule has 0 bridgehead atoms. The topological polar surface area (TPSA) is 21.3 Å². The minimum absolute atomic E-state index is 0.597. The van der Waals surface area contributed by atoms with Crippen LogP contribution in [0.25, 0.3) is 0 Å². The van der Waals surface area contributed by atoms with E-state index in [4.69, 9.17) is 4.74 Å². The molecule has 20 heavy (non-hydrogen) atoms. The fourth-order valence-corrected chi connectivity index (χ4v) is 2.24. The minimum atomic E-state index is 0.597. The van der Waals surface area contributed by atoms with Gasteiger partial charge in [0.2, 0.25) is 0 Å². The van der Waals surface area contributed by atoms with Gasteiger partial charge in [-0.2, -0.15) is 0 Å². The molecule has 2 nitrogen and oxygen atoms in total. The molecule has 0 aliphatic carbocycles. The van der Waals surface area contributed by atoms with Crippen LogP contribution in [0.2, 0.25) is 0 Å². The number of benzene rings is 2. The van der Waals surface area contributed by atoms with Gasteiger partial charge in [0.1, 0.15) is 5.75 Å². The highest BCUT2D eigenvalue weighted by Crippen LogP contribution is 2.17. The maximum Gasteiger partial charge on any atom is 0.118 e. The average molecular weight is 269 g/mol. The van der Waals surface area contributed by atoms with Gasteiger partial charge in [0.05, 0.1) is 7.11 Å². The second kappa shape index (κ2) is 7.71. The van der Waals surface area contributed by atoms with Gasteiger partial charge in [0.25, 0.3) is 0 Å². The highest BCUT2D eigenvalue weighted by Gasteiger charge is 2.03. The molecule has 0 aromatic heterocycles. The fraction of sp³-hybridized carbons (Fsp3) is 0.333. The van der Waals surface area contributed by atoms with Crippen molar-refractivity contribution in [2.24, 2.45) is 0 Å². The van der Waals surface area contributed by atoms with Crippen LogP contribution in [0.4, 0.5) is 0 Å². The molecule has 0 aliphatic rings. The lowest BCUT2D eigenvalue weighted by Crippen LogP contribution is -2.16. The Bertz CT molecular complexity index is 493. The number of hydrogen-bond donors (Lipinski definition) is 1. The standard InChI is InChI=1S/C18H23NO/c1-15(17-6-4-3-5-7-17)12-13-19-14-16-8-10-18(20-2)11-9-16/h3-11,15,19H,12-14H2,1-2H3.